The molecule has 2 aromatic heterocycles. The smallest absolute Gasteiger partial charge is 0.275 e. The van der Waals surface area contributed by atoms with Crippen molar-refractivity contribution >= 4 is 17.4 Å². The number of aryl methyl sites for hydroxylation is 2. The van der Waals surface area contributed by atoms with Crippen molar-refractivity contribution in [3.63, 3.8) is 0 Å². The van der Waals surface area contributed by atoms with Gasteiger partial charge >= 0.3 is 0 Å². The number of Topliss-reactive ketones (excluding diaryl/α,β-unsaturated/α-hetero) is 1. The Labute approximate surface area is 152 Å². The van der Waals surface area contributed by atoms with E-state index in [4.69, 9.17) is 4.42 Å². The van der Waals surface area contributed by atoms with Crippen molar-refractivity contribution in [1.82, 2.24) is 4.98 Å². The van der Waals surface area contributed by atoms with E-state index in [1.54, 1.807) is 24.2 Å². The molecule has 5 nitrogen and oxygen atoms in total. The van der Waals surface area contributed by atoms with Crippen LogP contribution in [0.2, 0.25) is 0 Å². The third kappa shape index (κ3) is 3.33. The van der Waals surface area contributed by atoms with Gasteiger partial charge in [0.2, 0.25) is 0 Å². The number of hydrogen-bond acceptors (Lipinski definition) is 3. The Bertz CT molecular complexity index is 935. The highest BCUT2D eigenvalue weighted by atomic mass is 16.3. The molecule has 1 aromatic carbocycles. The number of aromatic nitrogens is 1. The van der Waals surface area contributed by atoms with E-state index in [-0.39, 0.29) is 11.7 Å². The van der Waals surface area contributed by atoms with Gasteiger partial charge in [0, 0.05) is 16.9 Å². The Balaban J connectivity index is 2.04. The fourth-order valence-electron chi connectivity index (χ4n) is 3.19. The van der Waals surface area contributed by atoms with E-state index in [2.05, 4.69) is 4.98 Å². The number of rotatable bonds is 5. The lowest BCUT2D eigenvalue weighted by atomic mass is 10.1. The van der Waals surface area contributed by atoms with Gasteiger partial charge in [-0.1, -0.05) is 17.7 Å². The Morgan fingerprint density at radius 2 is 1.77 bits per heavy atom. The molecule has 0 aliphatic rings. The number of amides is 1. The van der Waals surface area contributed by atoms with Gasteiger partial charge in [-0.2, -0.15) is 0 Å². The second-order valence-electron chi connectivity index (χ2n) is 6.49. The van der Waals surface area contributed by atoms with Crippen LogP contribution in [0.15, 0.2) is 47.1 Å². The molecule has 2 heterocycles. The van der Waals surface area contributed by atoms with Crippen LogP contribution in [0.1, 0.15) is 50.4 Å². The summed E-state index contributed by atoms with van der Waals surface area (Å²) in [6.07, 6.45) is 1.59. The van der Waals surface area contributed by atoms with Gasteiger partial charge in [-0.05, 0) is 57.5 Å². The van der Waals surface area contributed by atoms with E-state index in [0.717, 1.165) is 11.3 Å². The summed E-state index contributed by atoms with van der Waals surface area (Å²) in [5.41, 5.74) is 4.28. The summed E-state index contributed by atoms with van der Waals surface area (Å²) >= 11 is 0. The molecule has 0 saturated heterocycles. The van der Waals surface area contributed by atoms with Crippen molar-refractivity contribution in [2.75, 3.05) is 4.90 Å². The molecule has 134 valence electrons. The average Bonchev–Trinajstić information content (AvgIpc) is 3.20. The van der Waals surface area contributed by atoms with Crippen LogP contribution < -0.4 is 4.90 Å². The largest absolute Gasteiger partial charge is 0.467 e. The number of H-pyrrole nitrogens is 1. The molecule has 0 radical (unpaired) electrons. The molecule has 0 fully saturated rings. The number of carbonyl (C=O) groups excluding carboxylic acids is 2. The lowest BCUT2D eigenvalue weighted by Crippen LogP contribution is -2.31. The minimum Gasteiger partial charge on any atom is -0.467 e. The van der Waals surface area contributed by atoms with Gasteiger partial charge in [0.1, 0.15) is 11.5 Å². The molecule has 0 saturated carbocycles. The normalized spacial score (nSPS) is 10.8. The monoisotopic (exact) mass is 350 g/mol. The van der Waals surface area contributed by atoms with Gasteiger partial charge in [0.05, 0.1) is 12.8 Å². The number of nitrogens with zero attached hydrogens (tertiary/aromatic N) is 1. The first-order valence-electron chi connectivity index (χ1n) is 8.49. The predicted molar refractivity (Wildman–Crippen MR) is 101 cm³/mol. The molecular formula is C21H22N2O3. The average molecular weight is 350 g/mol. The van der Waals surface area contributed by atoms with Crippen molar-refractivity contribution in [3.8, 4) is 0 Å². The molecule has 0 atom stereocenters. The van der Waals surface area contributed by atoms with Crippen molar-refractivity contribution < 1.29 is 14.0 Å². The number of benzene rings is 1. The molecule has 0 aliphatic heterocycles. The molecule has 1 N–H and O–H groups in total. The molecule has 0 aliphatic carbocycles. The second-order valence-corrected chi connectivity index (χ2v) is 6.49. The molecule has 3 aromatic rings. The van der Waals surface area contributed by atoms with E-state index in [1.165, 1.54) is 6.92 Å². The summed E-state index contributed by atoms with van der Waals surface area (Å²) < 4.78 is 5.43. The van der Waals surface area contributed by atoms with Crippen LogP contribution in [0, 0.1) is 20.8 Å². The van der Waals surface area contributed by atoms with E-state index >= 15 is 0 Å². The fourth-order valence-corrected chi connectivity index (χ4v) is 3.19. The SMILES string of the molecule is CC(=O)c1c(C)[nH]c(C(=O)N(Cc2ccco2)c2ccc(C)cc2)c1C. The first-order chi connectivity index (χ1) is 12.4. The number of ketones is 1. The van der Waals surface area contributed by atoms with Crippen LogP contribution in [0.4, 0.5) is 5.69 Å². The molecular weight excluding hydrogens is 328 g/mol. The lowest BCUT2D eigenvalue weighted by molar-refractivity contribution is 0.0978. The number of anilines is 1. The zero-order valence-corrected chi connectivity index (χ0v) is 15.4. The summed E-state index contributed by atoms with van der Waals surface area (Å²) in [5.74, 6) is 0.438. The van der Waals surface area contributed by atoms with Crippen molar-refractivity contribution in [2.24, 2.45) is 0 Å². The summed E-state index contributed by atoms with van der Waals surface area (Å²) in [6.45, 7) is 7.43. The Morgan fingerprint density at radius 3 is 2.31 bits per heavy atom. The predicted octanol–water partition coefficient (Wildman–Crippen LogP) is 4.58. The molecule has 5 heteroatoms. The van der Waals surface area contributed by atoms with Gasteiger partial charge in [-0.3, -0.25) is 14.5 Å². The maximum atomic E-state index is 13.3. The van der Waals surface area contributed by atoms with Crippen LogP contribution >= 0.6 is 0 Å². The summed E-state index contributed by atoms with van der Waals surface area (Å²) in [6, 6.07) is 11.4. The van der Waals surface area contributed by atoms with Gasteiger partial charge < -0.3 is 9.40 Å². The summed E-state index contributed by atoms with van der Waals surface area (Å²) in [5, 5.41) is 0. The fraction of sp³-hybridized carbons (Fsp3) is 0.238. The highest BCUT2D eigenvalue weighted by Gasteiger charge is 2.25. The number of aromatic amines is 1. The Kier molecular flexibility index (Phi) is 4.80. The molecule has 3 rings (SSSR count). The molecule has 1 amide bonds. The van der Waals surface area contributed by atoms with Crippen molar-refractivity contribution in [1.29, 1.82) is 0 Å². The van der Waals surface area contributed by atoms with Crippen LogP contribution in [0.25, 0.3) is 0 Å². The van der Waals surface area contributed by atoms with Crippen LogP contribution in [-0.4, -0.2) is 16.7 Å². The minimum atomic E-state index is -0.196. The van der Waals surface area contributed by atoms with Crippen LogP contribution in [-0.2, 0) is 6.54 Å². The molecule has 0 spiro atoms. The zero-order valence-electron chi connectivity index (χ0n) is 15.4. The Morgan fingerprint density at radius 1 is 1.08 bits per heavy atom. The first kappa shape index (κ1) is 17.7. The minimum absolute atomic E-state index is 0.0526. The van der Waals surface area contributed by atoms with Gasteiger partial charge in [0.15, 0.2) is 5.78 Å². The van der Waals surface area contributed by atoms with Crippen molar-refractivity contribution in [3.05, 3.63) is 76.5 Å². The van der Waals surface area contributed by atoms with Gasteiger partial charge in [-0.25, -0.2) is 0 Å². The second kappa shape index (κ2) is 7.04. The highest BCUT2D eigenvalue weighted by molar-refractivity contribution is 6.08. The lowest BCUT2D eigenvalue weighted by Gasteiger charge is -2.22. The van der Waals surface area contributed by atoms with E-state index in [0.29, 0.717) is 34.8 Å². The van der Waals surface area contributed by atoms with E-state index < -0.39 is 0 Å². The van der Waals surface area contributed by atoms with Crippen LogP contribution in [0.3, 0.4) is 0 Å². The molecule has 0 bridgehead atoms. The number of furan rings is 1. The maximum Gasteiger partial charge on any atom is 0.275 e. The first-order valence-corrected chi connectivity index (χ1v) is 8.49. The quantitative estimate of drug-likeness (QED) is 0.685. The Hall–Kier alpha value is -3.08. The summed E-state index contributed by atoms with van der Waals surface area (Å²) in [7, 11) is 0. The highest BCUT2D eigenvalue weighted by Crippen LogP contribution is 2.25. The topological polar surface area (TPSA) is 66.3 Å². The van der Waals surface area contributed by atoms with E-state index in [1.807, 2.05) is 44.2 Å². The zero-order chi connectivity index (χ0) is 18.8. The number of nitrogens with one attached hydrogen (secondary N) is 1. The van der Waals surface area contributed by atoms with Crippen molar-refractivity contribution in [2.45, 2.75) is 34.2 Å². The number of carbonyl (C=O) groups is 2. The third-order valence-electron chi connectivity index (χ3n) is 4.49. The maximum absolute atomic E-state index is 13.3. The third-order valence-corrected chi connectivity index (χ3v) is 4.49. The molecule has 0 unspecified atom stereocenters. The van der Waals surface area contributed by atoms with Crippen LogP contribution in [0.5, 0.6) is 0 Å². The standard InChI is InChI=1S/C21H22N2O3/c1-13-7-9-17(10-8-13)23(12-18-6-5-11-26-18)21(25)20-14(2)19(16(4)24)15(3)22-20/h5-11,22H,12H2,1-4H3. The summed E-state index contributed by atoms with van der Waals surface area (Å²) in [4.78, 5) is 29.9. The van der Waals surface area contributed by atoms with Gasteiger partial charge in [-0.15, -0.1) is 0 Å². The van der Waals surface area contributed by atoms with Gasteiger partial charge in [0.25, 0.3) is 5.91 Å². The van der Waals surface area contributed by atoms with E-state index in [9.17, 15) is 9.59 Å². The number of hydrogen-bond donors (Lipinski definition) is 1. The molecule has 26 heavy (non-hydrogen) atoms.